The Hall–Kier alpha value is -0.520. The van der Waals surface area contributed by atoms with Gasteiger partial charge < -0.3 is 10.1 Å². The molecule has 4 nitrogen and oxygen atoms in total. The third-order valence-electron chi connectivity index (χ3n) is 3.30. The van der Waals surface area contributed by atoms with E-state index in [0.717, 1.165) is 31.0 Å². The predicted molar refractivity (Wildman–Crippen MR) is 71.4 cm³/mol. The molecule has 0 aliphatic carbocycles. The number of hydrogen-bond acceptors (Lipinski definition) is 4. The van der Waals surface area contributed by atoms with Gasteiger partial charge >= 0.3 is 0 Å². The van der Waals surface area contributed by atoms with Crippen molar-refractivity contribution in [2.45, 2.75) is 25.0 Å². The molecular weight excluding hydrogens is 234 g/mol. The third-order valence-corrected chi connectivity index (χ3v) is 4.31. The van der Waals surface area contributed by atoms with Crippen LogP contribution in [0.4, 0.5) is 0 Å². The zero-order valence-electron chi connectivity index (χ0n) is 10.6. The van der Waals surface area contributed by atoms with E-state index in [1.54, 1.807) is 0 Å². The summed E-state index contributed by atoms with van der Waals surface area (Å²) in [5.74, 6) is 2.24. The van der Waals surface area contributed by atoms with E-state index in [9.17, 15) is 0 Å². The number of nitrogens with zero attached hydrogens (tertiary/aromatic N) is 2. The Morgan fingerprint density at radius 2 is 2.59 bits per heavy atom. The molecule has 0 spiro atoms. The Morgan fingerprint density at radius 3 is 3.18 bits per heavy atom. The molecule has 96 valence electrons. The van der Waals surface area contributed by atoms with E-state index < -0.39 is 0 Å². The van der Waals surface area contributed by atoms with Gasteiger partial charge in [0.25, 0.3) is 0 Å². The number of likely N-dealkylation sites (N-methyl/N-ethyl adjacent to an activating group) is 1. The van der Waals surface area contributed by atoms with Crippen LogP contribution in [0.25, 0.3) is 0 Å². The maximum Gasteiger partial charge on any atom is 0.0818 e. The molecule has 0 saturated carbocycles. The number of nitrogens with one attached hydrogen (secondary N) is 1. The van der Waals surface area contributed by atoms with Gasteiger partial charge in [-0.2, -0.15) is 16.9 Å². The van der Waals surface area contributed by atoms with Crippen LogP contribution in [0.5, 0.6) is 0 Å². The molecule has 1 aromatic rings. The number of aryl methyl sites for hydroxylation is 2. The highest BCUT2D eigenvalue weighted by Crippen LogP contribution is 2.18. The molecule has 2 rings (SSSR count). The molecule has 2 atom stereocenters. The summed E-state index contributed by atoms with van der Waals surface area (Å²) in [7, 11) is 4.02. The fourth-order valence-corrected chi connectivity index (χ4v) is 3.15. The predicted octanol–water partition coefficient (Wildman–Crippen LogP) is 1.07. The number of rotatable bonds is 5. The molecule has 2 unspecified atom stereocenters. The van der Waals surface area contributed by atoms with E-state index in [-0.39, 0.29) is 0 Å². The van der Waals surface area contributed by atoms with Crippen molar-refractivity contribution in [2.24, 2.45) is 7.05 Å². The van der Waals surface area contributed by atoms with Crippen molar-refractivity contribution in [3.05, 3.63) is 18.0 Å². The number of ether oxygens (including phenoxy) is 1. The lowest BCUT2D eigenvalue weighted by Gasteiger charge is -2.30. The van der Waals surface area contributed by atoms with Gasteiger partial charge in [0.1, 0.15) is 0 Å². The second-order valence-electron chi connectivity index (χ2n) is 4.36. The average molecular weight is 255 g/mol. The summed E-state index contributed by atoms with van der Waals surface area (Å²) >= 11 is 1.99. The van der Waals surface area contributed by atoms with Gasteiger partial charge in [0.2, 0.25) is 0 Å². The Balaban J connectivity index is 1.84. The van der Waals surface area contributed by atoms with Crippen LogP contribution in [0, 0.1) is 0 Å². The second kappa shape index (κ2) is 6.42. The van der Waals surface area contributed by atoms with Crippen molar-refractivity contribution in [3.63, 3.8) is 0 Å². The molecule has 0 amide bonds. The van der Waals surface area contributed by atoms with E-state index in [0.29, 0.717) is 12.1 Å². The summed E-state index contributed by atoms with van der Waals surface area (Å²) < 4.78 is 7.77. The van der Waals surface area contributed by atoms with Crippen LogP contribution in [-0.4, -0.2) is 47.1 Å². The smallest absolute Gasteiger partial charge is 0.0818 e. The molecule has 5 heteroatoms. The minimum Gasteiger partial charge on any atom is -0.375 e. The largest absolute Gasteiger partial charge is 0.375 e. The molecule has 1 aliphatic rings. The molecule has 17 heavy (non-hydrogen) atoms. The van der Waals surface area contributed by atoms with Crippen molar-refractivity contribution < 1.29 is 4.74 Å². The first-order chi connectivity index (χ1) is 8.31. The molecule has 0 bridgehead atoms. The lowest BCUT2D eigenvalue weighted by Crippen LogP contribution is -2.43. The van der Waals surface area contributed by atoms with Gasteiger partial charge in [-0.1, -0.05) is 0 Å². The highest BCUT2D eigenvalue weighted by Gasteiger charge is 2.23. The van der Waals surface area contributed by atoms with Crippen LogP contribution in [0.1, 0.15) is 12.1 Å². The molecule has 1 aliphatic heterocycles. The highest BCUT2D eigenvalue weighted by atomic mass is 32.2. The van der Waals surface area contributed by atoms with Gasteiger partial charge in [0.05, 0.1) is 12.7 Å². The number of aromatic nitrogens is 2. The summed E-state index contributed by atoms with van der Waals surface area (Å²) in [6, 6.07) is 2.53. The van der Waals surface area contributed by atoms with Gasteiger partial charge in [0, 0.05) is 36.5 Å². The normalized spacial score (nSPS) is 22.6. The lowest BCUT2D eigenvalue weighted by molar-refractivity contribution is 0.0468. The Morgan fingerprint density at radius 1 is 1.71 bits per heavy atom. The fourth-order valence-electron chi connectivity index (χ4n) is 2.20. The molecule has 1 aromatic heterocycles. The van der Waals surface area contributed by atoms with Crippen molar-refractivity contribution >= 4 is 11.8 Å². The standard InChI is InChI=1S/C12H21N3OS/c1-13-11(12-9-17-8-7-16-12)4-3-10-5-6-14-15(10)2/h5-6,11-13H,3-4,7-9H2,1-2H3. The van der Waals surface area contributed by atoms with E-state index >= 15 is 0 Å². The van der Waals surface area contributed by atoms with Crippen LogP contribution in [0.3, 0.4) is 0 Å². The van der Waals surface area contributed by atoms with Gasteiger partial charge in [-0.25, -0.2) is 0 Å². The fraction of sp³-hybridized carbons (Fsp3) is 0.750. The second-order valence-corrected chi connectivity index (χ2v) is 5.51. The van der Waals surface area contributed by atoms with E-state index in [1.165, 1.54) is 5.69 Å². The zero-order valence-corrected chi connectivity index (χ0v) is 11.4. The topological polar surface area (TPSA) is 39.1 Å². The summed E-state index contributed by atoms with van der Waals surface area (Å²) in [6.45, 7) is 0.888. The Labute approximate surface area is 107 Å². The minimum atomic E-state index is 0.354. The summed E-state index contributed by atoms with van der Waals surface area (Å²) in [5.41, 5.74) is 1.29. The molecule has 1 N–H and O–H groups in total. The van der Waals surface area contributed by atoms with Gasteiger partial charge in [-0.3, -0.25) is 4.68 Å². The molecular formula is C12H21N3OS. The van der Waals surface area contributed by atoms with Crippen molar-refractivity contribution in [2.75, 3.05) is 25.2 Å². The minimum absolute atomic E-state index is 0.354. The molecule has 0 aromatic carbocycles. The van der Waals surface area contributed by atoms with Crippen molar-refractivity contribution in [1.29, 1.82) is 0 Å². The van der Waals surface area contributed by atoms with Crippen LogP contribution in [-0.2, 0) is 18.2 Å². The highest BCUT2D eigenvalue weighted by molar-refractivity contribution is 7.99. The maximum absolute atomic E-state index is 5.83. The summed E-state index contributed by atoms with van der Waals surface area (Å²) in [6.07, 6.45) is 4.36. The summed E-state index contributed by atoms with van der Waals surface area (Å²) in [5, 5.41) is 7.58. The lowest BCUT2D eigenvalue weighted by atomic mass is 10.0. The Bertz CT molecular complexity index is 336. The van der Waals surface area contributed by atoms with Crippen molar-refractivity contribution in [1.82, 2.24) is 15.1 Å². The van der Waals surface area contributed by atoms with Crippen LogP contribution < -0.4 is 5.32 Å². The van der Waals surface area contributed by atoms with Gasteiger partial charge in [-0.05, 0) is 26.0 Å². The molecule has 1 saturated heterocycles. The summed E-state index contributed by atoms with van der Waals surface area (Å²) in [4.78, 5) is 0. The zero-order chi connectivity index (χ0) is 12.1. The first-order valence-electron chi connectivity index (χ1n) is 6.14. The molecule has 0 radical (unpaired) electrons. The quantitative estimate of drug-likeness (QED) is 0.854. The molecule has 1 fully saturated rings. The maximum atomic E-state index is 5.83. The average Bonchev–Trinajstić information content (AvgIpc) is 2.77. The SMILES string of the molecule is CNC(CCc1ccnn1C)C1CSCCO1. The van der Waals surface area contributed by atoms with E-state index in [4.69, 9.17) is 4.74 Å². The van der Waals surface area contributed by atoms with E-state index in [1.807, 2.05) is 36.7 Å². The first kappa shape index (κ1) is 12.9. The third kappa shape index (κ3) is 3.47. The monoisotopic (exact) mass is 255 g/mol. The Kier molecular flexibility index (Phi) is 4.88. The number of hydrogen-bond donors (Lipinski definition) is 1. The van der Waals surface area contributed by atoms with Crippen molar-refractivity contribution in [3.8, 4) is 0 Å². The van der Waals surface area contributed by atoms with Gasteiger partial charge in [-0.15, -0.1) is 0 Å². The first-order valence-corrected chi connectivity index (χ1v) is 7.30. The van der Waals surface area contributed by atoms with E-state index in [2.05, 4.69) is 16.5 Å². The van der Waals surface area contributed by atoms with Crippen LogP contribution in [0.2, 0.25) is 0 Å². The molecule has 2 heterocycles. The van der Waals surface area contributed by atoms with Crippen LogP contribution >= 0.6 is 11.8 Å². The van der Waals surface area contributed by atoms with Crippen LogP contribution in [0.15, 0.2) is 12.3 Å². The number of thioether (sulfide) groups is 1. The van der Waals surface area contributed by atoms with Gasteiger partial charge in [0.15, 0.2) is 0 Å².